The van der Waals surface area contributed by atoms with Gasteiger partial charge < -0.3 is 19.3 Å². The third kappa shape index (κ3) is 4.04. The van der Waals surface area contributed by atoms with Crippen molar-refractivity contribution >= 4 is 23.0 Å². The largest absolute Gasteiger partial charge is 0.368 e. The maximum absolute atomic E-state index is 10.5. The first kappa shape index (κ1) is 23.4. The highest BCUT2D eigenvalue weighted by atomic mass is 35.5. The van der Waals surface area contributed by atoms with Crippen LogP contribution in [0.2, 0.25) is 5.02 Å². The zero-order chi connectivity index (χ0) is 24.7. The quantitative estimate of drug-likeness (QED) is 0.459. The number of halogens is 1. The number of fused-ring (bicyclic) bond motifs is 1. The summed E-state index contributed by atoms with van der Waals surface area (Å²) >= 11 is 6.45. The van der Waals surface area contributed by atoms with Crippen LogP contribution >= 0.6 is 11.6 Å². The molecule has 6 heteroatoms. The first-order valence-electron chi connectivity index (χ1n) is 12.8. The number of benzene rings is 3. The number of hydrogen-bond donors (Lipinski definition) is 0. The average Bonchev–Trinajstić information content (AvgIpc) is 3.36. The van der Waals surface area contributed by atoms with E-state index in [4.69, 9.17) is 21.1 Å². The second kappa shape index (κ2) is 9.44. The van der Waals surface area contributed by atoms with Crippen LogP contribution in [-0.2, 0) is 22.3 Å². The second-order valence-electron chi connectivity index (χ2n) is 9.90. The minimum Gasteiger partial charge on any atom is -0.368 e. The fourth-order valence-electron chi connectivity index (χ4n) is 6.24. The highest BCUT2D eigenvalue weighted by Gasteiger charge is 2.42. The molecule has 2 heterocycles. The number of anilines is 2. The molecule has 3 aliphatic rings. The summed E-state index contributed by atoms with van der Waals surface area (Å²) in [7, 11) is 0. The van der Waals surface area contributed by atoms with Crippen LogP contribution in [0, 0.1) is 18.3 Å². The molecular formula is C30H30ClN3O2. The van der Waals surface area contributed by atoms with Crippen molar-refractivity contribution in [2.24, 2.45) is 0 Å². The van der Waals surface area contributed by atoms with E-state index in [-0.39, 0.29) is 0 Å². The zero-order valence-corrected chi connectivity index (χ0v) is 21.4. The van der Waals surface area contributed by atoms with Crippen molar-refractivity contribution < 1.29 is 9.47 Å². The van der Waals surface area contributed by atoms with Crippen LogP contribution in [0.15, 0.2) is 54.6 Å². The lowest BCUT2D eigenvalue weighted by Crippen LogP contribution is -2.47. The molecule has 0 amide bonds. The van der Waals surface area contributed by atoms with Gasteiger partial charge in [0.15, 0.2) is 5.79 Å². The number of nitrogens with zero attached hydrogens (tertiary/aromatic N) is 3. The summed E-state index contributed by atoms with van der Waals surface area (Å²) in [4.78, 5) is 4.83. The lowest BCUT2D eigenvalue weighted by atomic mass is 9.77. The second-order valence-corrected chi connectivity index (χ2v) is 10.3. The Labute approximate surface area is 217 Å². The summed E-state index contributed by atoms with van der Waals surface area (Å²) in [6.45, 7) is 6.98. The minimum absolute atomic E-state index is 0.581. The van der Waals surface area contributed by atoms with Crippen LogP contribution in [0.1, 0.15) is 28.7 Å². The Hall–Kier alpha value is -3.04. The van der Waals surface area contributed by atoms with Crippen molar-refractivity contribution in [1.29, 1.82) is 5.26 Å². The Bertz CT molecular complexity index is 1320. The average molecular weight is 500 g/mol. The van der Waals surface area contributed by atoms with Crippen molar-refractivity contribution in [1.82, 2.24) is 0 Å². The number of para-hydroxylation sites is 1. The molecule has 2 saturated heterocycles. The SMILES string of the molecule is Cc1c(-c2cccc(Cl)c2)c2c(c(C#N)c1N1CCN(c3ccccc3)CC1)CCC1(C2)OCCO1. The molecule has 3 aromatic rings. The minimum atomic E-state index is -0.581. The highest BCUT2D eigenvalue weighted by Crippen LogP contribution is 2.46. The zero-order valence-electron chi connectivity index (χ0n) is 20.6. The molecule has 0 radical (unpaired) electrons. The summed E-state index contributed by atoms with van der Waals surface area (Å²) in [5.41, 5.74) is 8.84. The smallest absolute Gasteiger partial charge is 0.172 e. The Balaban J connectivity index is 1.45. The molecule has 6 rings (SSSR count). The van der Waals surface area contributed by atoms with Crippen LogP contribution < -0.4 is 9.80 Å². The van der Waals surface area contributed by atoms with Crippen LogP contribution in [0.5, 0.6) is 0 Å². The maximum atomic E-state index is 10.5. The van der Waals surface area contributed by atoms with Gasteiger partial charge in [-0.2, -0.15) is 5.26 Å². The van der Waals surface area contributed by atoms with Gasteiger partial charge in [0.2, 0.25) is 0 Å². The molecule has 1 spiro atoms. The van der Waals surface area contributed by atoms with E-state index >= 15 is 0 Å². The number of nitriles is 1. The van der Waals surface area contributed by atoms with E-state index in [1.807, 2.05) is 18.2 Å². The van der Waals surface area contributed by atoms with Crippen molar-refractivity contribution in [2.75, 3.05) is 49.2 Å². The molecule has 5 nitrogen and oxygen atoms in total. The standard InChI is InChI=1S/C30H30ClN3O2/c1-21-28(22-6-5-7-23(31)18-22)26-19-30(35-16-17-36-30)11-10-25(26)27(20-32)29(21)34-14-12-33(13-15-34)24-8-3-2-4-9-24/h2-9,18H,10-17,19H2,1H3. The van der Waals surface area contributed by atoms with E-state index in [0.29, 0.717) is 24.7 Å². The Morgan fingerprint density at radius 3 is 2.33 bits per heavy atom. The molecule has 184 valence electrons. The van der Waals surface area contributed by atoms with Gasteiger partial charge in [-0.1, -0.05) is 41.9 Å². The molecule has 0 aromatic heterocycles. The van der Waals surface area contributed by atoms with Crippen molar-refractivity contribution in [3.8, 4) is 17.2 Å². The van der Waals surface area contributed by atoms with Gasteiger partial charge in [-0.3, -0.25) is 0 Å². The van der Waals surface area contributed by atoms with E-state index < -0.39 is 5.79 Å². The maximum Gasteiger partial charge on any atom is 0.172 e. The summed E-state index contributed by atoms with van der Waals surface area (Å²) in [5, 5.41) is 11.2. The van der Waals surface area contributed by atoms with Gasteiger partial charge in [-0.25, -0.2) is 0 Å². The van der Waals surface area contributed by atoms with E-state index in [9.17, 15) is 5.26 Å². The lowest BCUT2D eigenvalue weighted by molar-refractivity contribution is -0.163. The molecule has 2 aliphatic heterocycles. The topological polar surface area (TPSA) is 48.7 Å². The number of piperazine rings is 1. The van der Waals surface area contributed by atoms with Gasteiger partial charge in [-0.05, 0) is 65.4 Å². The first-order chi connectivity index (χ1) is 17.6. The van der Waals surface area contributed by atoms with E-state index in [1.165, 1.54) is 16.8 Å². The van der Waals surface area contributed by atoms with Gasteiger partial charge in [0.25, 0.3) is 0 Å². The Morgan fingerprint density at radius 2 is 1.64 bits per heavy atom. The summed E-state index contributed by atoms with van der Waals surface area (Å²) in [6, 6.07) is 21.2. The van der Waals surface area contributed by atoms with Crippen LogP contribution in [0.3, 0.4) is 0 Å². The van der Waals surface area contributed by atoms with Crippen molar-refractivity contribution in [2.45, 2.75) is 32.0 Å². The molecule has 1 aliphatic carbocycles. The van der Waals surface area contributed by atoms with E-state index in [2.05, 4.69) is 59.2 Å². The number of ether oxygens (including phenoxy) is 2. The van der Waals surface area contributed by atoms with E-state index in [0.717, 1.165) is 67.0 Å². The van der Waals surface area contributed by atoms with E-state index in [1.54, 1.807) is 0 Å². The summed E-state index contributed by atoms with van der Waals surface area (Å²) < 4.78 is 12.2. The Kier molecular flexibility index (Phi) is 6.13. The van der Waals surface area contributed by atoms with Crippen molar-refractivity contribution in [3.05, 3.63) is 81.9 Å². The lowest BCUT2D eigenvalue weighted by Gasteiger charge is -2.41. The monoisotopic (exact) mass is 499 g/mol. The van der Waals surface area contributed by atoms with Gasteiger partial charge in [0.05, 0.1) is 24.5 Å². The van der Waals surface area contributed by atoms with Gasteiger partial charge >= 0.3 is 0 Å². The van der Waals surface area contributed by atoms with Gasteiger partial charge in [0, 0.05) is 49.7 Å². The molecule has 36 heavy (non-hydrogen) atoms. The molecular weight excluding hydrogens is 470 g/mol. The fraction of sp³-hybridized carbons (Fsp3) is 0.367. The van der Waals surface area contributed by atoms with Crippen LogP contribution in [-0.4, -0.2) is 45.2 Å². The predicted molar refractivity (Wildman–Crippen MR) is 144 cm³/mol. The predicted octanol–water partition coefficient (Wildman–Crippen LogP) is 5.75. The summed E-state index contributed by atoms with van der Waals surface area (Å²) in [5.74, 6) is -0.581. The number of rotatable bonds is 3. The normalized spacial score (nSPS) is 18.8. The Morgan fingerprint density at radius 1 is 0.917 bits per heavy atom. The molecule has 3 aromatic carbocycles. The fourth-order valence-corrected chi connectivity index (χ4v) is 6.43. The molecule has 0 N–H and O–H groups in total. The molecule has 0 bridgehead atoms. The molecule has 0 atom stereocenters. The third-order valence-electron chi connectivity index (χ3n) is 7.89. The highest BCUT2D eigenvalue weighted by molar-refractivity contribution is 6.30. The van der Waals surface area contributed by atoms with Gasteiger partial charge in [-0.15, -0.1) is 0 Å². The summed E-state index contributed by atoms with van der Waals surface area (Å²) in [6.07, 6.45) is 2.19. The van der Waals surface area contributed by atoms with Crippen molar-refractivity contribution in [3.63, 3.8) is 0 Å². The third-order valence-corrected chi connectivity index (χ3v) is 8.13. The molecule has 0 saturated carbocycles. The molecule has 2 fully saturated rings. The van der Waals surface area contributed by atoms with Gasteiger partial charge in [0.1, 0.15) is 6.07 Å². The van der Waals surface area contributed by atoms with Crippen LogP contribution in [0.25, 0.3) is 11.1 Å². The molecule has 0 unspecified atom stereocenters. The van der Waals surface area contributed by atoms with Crippen LogP contribution in [0.4, 0.5) is 11.4 Å². The first-order valence-corrected chi connectivity index (χ1v) is 13.1. The number of hydrogen-bond acceptors (Lipinski definition) is 5.